The zero-order chi connectivity index (χ0) is 16.4. The van der Waals surface area contributed by atoms with E-state index in [-0.39, 0.29) is 0 Å². The second kappa shape index (κ2) is 6.22. The number of pyridine rings is 1. The highest BCUT2D eigenvalue weighted by molar-refractivity contribution is 5.99. The molecule has 0 aliphatic carbocycles. The van der Waals surface area contributed by atoms with E-state index in [0.29, 0.717) is 17.8 Å². The number of aliphatic hydroxyl groups excluding tert-OH is 1. The van der Waals surface area contributed by atoms with Gasteiger partial charge in [-0.3, -0.25) is 9.78 Å². The Balaban J connectivity index is 2.08. The van der Waals surface area contributed by atoms with E-state index in [2.05, 4.69) is 15.0 Å². The summed E-state index contributed by atoms with van der Waals surface area (Å²) in [5.74, 6) is 0.420. The van der Waals surface area contributed by atoms with Crippen LogP contribution >= 0.6 is 0 Å². The minimum absolute atomic E-state index is 0.420. The summed E-state index contributed by atoms with van der Waals surface area (Å²) in [5, 5.41) is 10.6. The van der Waals surface area contributed by atoms with Crippen LogP contribution in [0.1, 0.15) is 41.2 Å². The fraction of sp³-hybridized carbons (Fsp3) is 0.222. The fourth-order valence-corrected chi connectivity index (χ4v) is 2.49. The molecule has 1 atom stereocenters. The highest BCUT2D eigenvalue weighted by atomic mass is 16.3. The van der Waals surface area contributed by atoms with Crippen LogP contribution in [0, 0.1) is 6.92 Å². The van der Waals surface area contributed by atoms with E-state index in [4.69, 9.17) is 0 Å². The van der Waals surface area contributed by atoms with Crippen LogP contribution in [0.15, 0.2) is 36.8 Å². The Morgan fingerprint density at radius 3 is 2.52 bits per heavy atom. The summed E-state index contributed by atoms with van der Waals surface area (Å²) in [6, 6.07) is 5.73. The topological polar surface area (TPSA) is 76.0 Å². The summed E-state index contributed by atoms with van der Waals surface area (Å²) in [5.41, 5.74) is 4.02. The van der Waals surface area contributed by atoms with E-state index in [0.717, 1.165) is 33.9 Å². The van der Waals surface area contributed by atoms with E-state index in [1.807, 2.05) is 32.0 Å². The molecule has 116 valence electrons. The SMILES string of the molecule is CCC(O)c1ncc(-c2ccc3ncc(C)c(C=O)c3c2)cn1. The van der Waals surface area contributed by atoms with Gasteiger partial charge < -0.3 is 5.11 Å². The van der Waals surface area contributed by atoms with Gasteiger partial charge in [0, 0.05) is 35.1 Å². The number of hydrogen-bond donors (Lipinski definition) is 1. The predicted molar refractivity (Wildman–Crippen MR) is 88.1 cm³/mol. The quantitative estimate of drug-likeness (QED) is 0.749. The van der Waals surface area contributed by atoms with Crippen LogP contribution in [-0.2, 0) is 0 Å². The number of nitrogens with zero attached hydrogens (tertiary/aromatic N) is 3. The zero-order valence-electron chi connectivity index (χ0n) is 13.0. The van der Waals surface area contributed by atoms with Crippen LogP contribution in [0.5, 0.6) is 0 Å². The molecule has 0 saturated heterocycles. The Labute approximate surface area is 134 Å². The molecular formula is C18H17N3O2. The molecule has 0 bridgehead atoms. The molecule has 1 N–H and O–H groups in total. The summed E-state index contributed by atoms with van der Waals surface area (Å²) in [6.07, 6.45) is 5.87. The first kappa shape index (κ1) is 15.2. The Hall–Kier alpha value is -2.66. The maximum absolute atomic E-state index is 11.4. The van der Waals surface area contributed by atoms with Crippen LogP contribution in [0.25, 0.3) is 22.0 Å². The third-order valence-corrected chi connectivity index (χ3v) is 3.92. The lowest BCUT2D eigenvalue weighted by Gasteiger charge is -2.09. The van der Waals surface area contributed by atoms with Gasteiger partial charge in [0.25, 0.3) is 0 Å². The van der Waals surface area contributed by atoms with Crippen molar-refractivity contribution in [3.05, 3.63) is 53.7 Å². The molecule has 5 nitrogen and oxygen atoms in total. The summed E-state index contributed by atoms with van der Waals surface area (Å²) in [7, 11) is 0. The van der Waals surface area contributed by atoms with Gasteiger partial charge in [-0.25, -0.2) is 9.97 Å². The first-order chi connectivity index (χ1) is 11.1. The monoisotopic (exact) mass is 307 g/mol. The minimum atomic E-state index is -0.644. The lowest BCUT2D eigenvalue weighted by atomic mass is 10.0. The molecule has 0 aliphatic rings. The number of aryl methyl sites for hydroxylation is 1. The van der Waals surface area contributed by atoms with Crippen molar-refractivity contribution in [3.63, 3.8) is 0 Å². The Morgan fingerprint density at radius 1 is 1.13 bits per heavy atom. The van der Waals surface area contributed by atoms with Crippen molar-refractivity contribution in [2.75, 3.05) is 0 Å². The number of hydrogen-bond acceptors (Lipinski definition) is 5. The van der Waals surface area contributed by atoms with Crippen molar-refractivity contribution >= 4 is 17.2 Å². The van der Waals surface area contributed by atoms with E-state index < -0.39 is 6.10 Å². The maximum Gasteiger partial charge on any atom is 0.156 e. The maximum atomic E-state index is 11.4. The smallest absolute Gasteiger partial charge is 0.156 e. The molecule has 5 heteroatoms. The van der Waals surface area contributed by atoms with Gasteiger partial charge in [-0.05, 0) is 36.6 Å². The van der Waals surface area contributed by atoms with Crippen LogP contribution in [0.3, 0.4) is 0 Å². The standard InChI is InChI=1S/C18H17N3O2/c1-3-17(23)18-20-8-13(9-21-18)12-4-5-16-14(6-12)15(10-22)11(2)7-19-16/h4-10,17,23H,3H2,1-2H3. The van der Waals surface area contributed by atoms with Crippen LogP contribution in [0.2, 0.25) is 0 Å². The van der Waals surface area contributed by atoms with E-state index in [1.165, 1.54) is 0 Å². The number of carbonyl (C=O) groups is 1. The zero-order valence-corrected chi connectivity index (χ0v) is 13.0. The van der Waals surface area contributed by atoms with Gasteiger partial charge in [0.2, 0.25) is 0 Å². The minimum Gasteiger partial charge on any atom is -0.385 e. The molecule has 0 fully saturated rings. The summed E-state index contributed by atoms with van der Waals surface area (Å²) >= 11 is 0. The van der Waals surface area contributed by atoms with E-state index >= 15 is 0 Å². The van der Waals surface area contributed by atoms with Crippen molar-refractivity contribution in [1.29, 1.82) is 0 Å². The number of benzene rings is 1. The third-order valence-electron chi connectivity index (χ3n) is 3.92. The first-order valence-electron chi connectivity index (χ1n) is 7.49. The molecule has 1 unspecified atom stereocenters. The lowest BCUT2D eigenvalue weighted by molar-refractivity contribution is 0.112. The molecular weight excluding hydrogens is 290 g/mol. The fourth-order valence-electron chi connectivity index (χ4n) is 2.49. The van der Waals surface area contributed by atoms with E-state index in [1.54, 1.807) is 18.6 Å². The predicted octanol–water partition coefficient (Wildman–Crippen LogP) is 3.26. The molecule has 0 aliphatic heterocycles. The average molecular weight is 307 g/mol. The Bertz CT molecular complexity index is 860. The molecule has 2 aromatic heterocycles. The first-order valence-corrected chi connectivity index (χ1v) is 7.49. The molecule has 0 spiro atoms. The largest absolute Gasteiger partial charge is 0.385 e. The molecule has 1 aromatic carbocycles. The van der Waals surface area contributed by atoms with Crippen molar-refractivity contribution in [2.24, 2.45) is 0 Å². The van der Waals surface area contributed by atoms with Gasteiger partial charge in [0.1, 0.15) is 6.10 Å². The molecule has 0 saturated carbocycles. The van der Waals surface area contributed by atoms with Gasteiger partial charge in [0.15, 0.2) is 12.1 Å². The van der Waals surface area contributed by atoms with Crippen LogP contribution in [-0.4, -0.2) is 26.3 Å². The van der Waals surface area contributed by atoms with Gasteiger partial charge in [-0.15, -0.1) is 0 Å². The van der Waals surface area contributed by atoms with Crippen molar-refractivity contribution < 1.29 is 9.90 Å². The van der Waals surface area contributed by atoms with Gasteiger partial charge >= 0.3 is 0 Å². The molecule has 3 aromatic rings. The molecule has 2 heterocycles. The second-order valence-corrected chi connectivity index (χ2v) is 5.46. The normalized spacial score (nSPS) is 12.3. The second-order valence-electron chi connectivity index (χ2n) is 5.46. The lowest BCUT2D eigenvalue weighted by Crippen LogP contribution is -2.02. The highest BCUT2D eigenvalue weighted by Crippen LogP contribution is 2.26. The number of fused-ring (bicyclic) bond motifs is 1. The van der Waals surface area contributed by atoms with Crippen molar-refractivity contribution in [3.8, 4) is 11.1 Å². The number of aldehydes is 1. The van der Waals surface area contributed by atoms with E-state index in [9.17, 15) is 9.90 Å². The van der Waals surface area contributed by atoms with Crippen LogP contribution < -0.4 is 0 Å². The number of aliphatic hydroxyl groups is 1. The summed E-state index contributed by atoms with van der Waals surface area (Å²) in [6.45, 7) is 3.74. The molecule has 23 heavy (non-hydrogen) atoms. The summed E-state index contributed by atoms with van der Waals surface area (Å²) in [4.78, 5) is 24.2. The molecule has 3 rings (SSSR count). The Kier molecular flexibility index (Phi) is 4.12. The Morgan fingerprint density at radius 2 is 1.87 bits per heavy atom. The van der Waals surface area contributed by atoms with Crippen LogP contribution in [0.4, 0.5) is 0 Å². The number of carbonyl (C=O) groups excluding carboxylic acids is 1. The highest BCUT2D eigenvalue weighted by Gasteiger charge is 2.10. The number of rotatable bonds is 4. The number of aromatic nitrogens is 3. The van der Waals surface area contributed by atoms with Gasteiger partial charge in [0.05, 0.1) is 5.52 Å². The van der Waals surface area contributed by atoms with Crippen molar-refractivity contribution in [1.82, 2.24) is 15.0 Å². The van der Waals surface area contributed by atoms with Crippen molar-refractivity contribution in [2.45, 2.75) is 26.4 Å². The summed E-state index contributed by atoms with van der Waals surface area (Å²) < 4.78 is 0. The average Bonchev–Trinajstić information content (AvgIpc) is 2.60. The molecule has 0 radical (unpaired) electrons. The van der Waals surface area contributed by atoms with Gasteiger partial charge in [-0.2, -0.15) is 0 Å². The molecule has 0 amide bonds. The van der Waals surface area contributed by atoms with Gasteiger partial charge in [-0.1, -0.05) is 13.0 Å². The third kappa shape index (κ3) is 2.83.